The summed E-state index contributed by atoms with van der Waals surface area (Å²) >= 11 is 5.02. The summed E-state index contributed by atoms with van der Waals surface area (Å²) in [6, 6.07) is 3.68. The molecule has 2 aromatic rings. The third-order valence-corrected chi connectivity index (χ3v) is 4.28. The van der Waals surface area contributed by atoms with Gasteiger partial charge in [-0.25, -0.2) is 0 Å². The number of amides is 1. The highest BCUT2D eigenvalue weighted by Gasteiger charge is 2.16. The van der Waals surface area contributed by atoms with E-state index in [-0.39, 0.29) is 5.91 Å². The Bertz CT molecular complexity index is 612. The number of carbonyl (C=O) groups is 1. The van der Waals surface area contributed by atoms with Gasteiger partial charge in [-0.2, -0.15) is 0 Å². The molecule has 0 spiro atoms. The third-order valence-electron chi connectivity index (χ3n) is 2.73. The van der Waals surface area contributed by atoms with Crippen LogP contribution in [0.25, 0.3) is 0 Å². The number of thiophene rings is 1. The average molecular weight is 340 g/mol. The fourth-order valence-corrected chi connectivity index (χ4v) is 2.95. The molecule has 0 aliphatic heterocycles. The number of aryl methyl sites for hydroxylation is 1. The van der Waals surface area contributed by atoms with E-state index in [9.17, 15) is 4.79 Å². The number of nitrogen functional groups attached to an aromatic ring is 1. The maximum atomic E-state index is 12.4. The summed E-state index contributed by atoms with van der Waals surface area (Å²) in [5, 5.41) is 2.03. The van der Waals surface area contributed by atoms with E-state index in [0.717, 1.165) is 9.35 Å². The number of anilines is 1. The predicted molar refractivity (Wildman–Crippen MR) is 81.2 cm³/mol. The minimum absolute atomic E-state index is 0.0698. The third kappa shape index (κ3) is 3.33. The SMILES string of the molecule is Cc1ncc(N)cc1C(=O)N(C)Cc1csc(Br)c1. The van der Waals surface area contributed by atoms with Crippen LogP contribution in [-0.4, -0.2) is 22.8 Å². The fraction of sp³-hybridized carbons (Fsp3) is 0.231. The van der Waals surface area contributed by atoms with Crippen molar-refractivity contribution in [3.05, 3.63) is 44.3 Å². The standard InChI is InChI=1S/C13H14BrN3OS/c1-8-11(4-10(15)5-16-8)13(18)17(2)6-9-3-12(14)19-7-9/h3-5,7H,6,15H2,1-2H3. The highest BCUT2D eigenvalue weighted by Crippen LogP contribution is 2.22. The van der Waals surface area contributed by atoms with Crippen molar-refractivity contribution >= 4 is 38.9 Å². The molecular weight excluding hydrogens is 326 g/mol. The molecule has 1 amide bonds. The van der Waals surface area contributed by atoms with E-state index in [1.54, 1.807) is 35.5 Å². The number of halogens is 1. The molecular formula is C13H14BrN3OS. The molecule has 0 fully saturated rings. The summed E-state index contributed by atoms with van der Waals surface area (Å²) in [6.07, 6.45) is 1.56. The Balaban J connectivity index is 2.16. The van der Waals surface area contributed by atoms with Crippen molar-refractivity contribution in [2.24, 2.45) is 0 Å². The van der Waals surface area contributed by atoms with Gasteiger partial charge < -0.3 is 10.6 Å². The first-order chi connectivity index (χ1) is 8.97. The summed E-state index contributed by atoms with van der Waals surface area (Å²) in [6.45, 7) is 2.37. The van der Waals surface area contributed by atoms with Crippen molar-refractivity contribution < 1.29 is 4.79 Å². The van der Waals surface area contributed by atoms with Gasteiger partial charge in [0, 0.05) is 13.6 Å². The van der Waals surface area contributed by atoms with E-state index < -0.39 is 0 Å². The molecule has 2 rings (SSSR count). The lowest BCUT2D eigenvalue weighted by Gasteiger charge is -2.17. The normalized spacial score (nSPS) is 10.5. The highest BCUT2D eigenvalue weighted by atomic mass is 79.9. The number of pyridine rings is 1. The molecule has 4 nitrogen and oxygen atoms in total. The number of nitrogens with zero attached hydrogens (tertiary/aromatic N) is 2. The Hall–Kier alpha value is -1.40. The summed E-state index contributed by atoms with van der Waals surface area (Å²) in [7, 11) is 1.77. The first-order valence-electron chi connectivity index (χ1n) is 5.68. The quantitative estimate of drug-likeness (QED) is 0.934. The Morgan fingerprint density at radius 1 is 1.53 bits per heavy atom. The van der Waals surface area contributed by atoms with Crippen molar-refractivity contribution in [3.8, 4) is 0 Å². The summed E-state index contributed by atoms with van der Waals surface area (Å²) in [5.41, 5.74) is 8.53. The molecule has 0 aromatic carbocycles. The molecule has 0 saturated heterocycles. The maximum Gasteiger partial charge on any atom is 0.255 e. The van der Waals surface area contributed by atoms with Crippen LogP contribution >= 0.6 is 27.3 Å². The molecule has 0 saturated carbocycles. The minimum Gasteiger partial charge on any atom is -0.397 e. The number of nitrogens with two attached hydrogens (primary N) is 1. The second-order valence-electron chi connectivity index (χ2n) is 4.32. The molecule has 0 aliphatic carbocycles. The summed E-state index contributed by atoms with van der Waals surface area (Å²) < 4.78 is 1.06. The van der Waals surface area contributed by atoms with Gasteiger partial charge in [-0.05, 0) is 45.9 Å². The van der Waals surface area contributed by atoms with Crippen molar-refractivity contribution in [2.75, 3.05) is 12.8 Å². The molecule has 0 radical (unpaired) electrons. The molecule has 0 aliphatic rings. The van der Waals surface area contributed by atoms with Crippen LogP contribution in [0.5, 0.6) is 0 Å². The molecule has 100 valence electrons. The average Bonchev–Trinajstić information content (AvgIpc) is 2.77. The van der Waals surface area contributed by atoms with Crippen molar-refractivity contribution in [2.45, 2.75) is 13.5 Å². The zero-order valence-corrected chi connectivity index (χ0v) is 13.1. The van der Waals surface area contributed by atoms with Gasteiger partial charge in [0.1, 0.15) is 0 Å². The van der Waals surface area contributed by atoms with Gasteiger partial charge in [-0.1, -0.05) is 0 Å². The number of hydrogen-bond acceptors (Lipinski definition) is 4. The Morgan fingerprint density at radius 2 is 2.26 bits per heavy atom. The van der Waals surface area contributed by atoms with E-state index in [2.05, 4.69) is 20.9 Å². The Morgan fingerprint density at radius 3 is 2.89 bits per heavy atom. The molecule has 2 heterocycles. The lowest BCUT2D eigenvalue weighted by atomic mass is 10.1. The van der Waals surface area contributed by atoms with Crippen LogP contribution in [0.3, 0.4) is 0 Å². The van der Waals surface area contributed by atoms with Crippen LogP contribution in [0.4, 0.5) is 5.69 Å². The van der Waals surface area contributed by atoms with E-state index in [1.165, 1.54) is 0 Å². The van der Waals surface area contributed by atoms with Gasteiger partial charge in [-0.15, -0.1) is 11.3 Å². The molecule has 2 aromatic heterocycles. The van der Waals surface area contributed by atoms with Gasteiger partial charge >= 0.3 is 0 Å². The van der Waals surface area contributed by atoms with Gasteiger partial charge in [0.15, 0.2) is 0 Å². The maximum absolute atomic E-state index is 12.4. The molecule has 2 N–H and O–H groups in total. The smallest absolute Gasteiger partial charge is 0.255 e. The topological polar surface area (TPSA) is 59.2 Å². The van der Waals surface area contributed by atoms with Gasteiger partial charge in [0.05, 0.1) is 26.9 Å². The molecule has 0 unspecified atom stereocenters. The van der Waals surface area contributed by atoms with Crippen LogP contribution in [0.15, 0.2) is 27.5 Å². The zero-order chi connectivity index (χ0) is 14.0. The molecule has 19 heavy (non-hydrogen) atoms. The Kier molecular flexibility index (Phi) is 4.21. The first-order valence-corrected chi connectivity index (χ1v) is 7.35. The van der Waals surface area contributed by atoms with Crippen LogP contribution in [0.2, 0.25) is 0 Å². The van der Waals surface area contributed by atoms with E-state index >= 15 is 0 Å². The second-order valence-corrected chi connectivity index (χ2v) is 6.61. The number of carbonyl (C=O) groups excluding carboxylic acids is 1. The first kappa shape index (κ1) is 14.0. The van der Waals surface area contributed by atoms with Crippen molar-refractivity contribution in [3.63, 3.8) is 0 Å². The lowest BCUT2D eigenvalue weighted by molar-refractivity contribution is 0.0784. The minimum atomic E-state index is -0.0698. The van der Waals surface area contributed by atoms with Crippen LogP contribution < -0.4 is 5.73 Å². The molecule has 0 bridgehead atoms. The van der Waals surface area contributed by atoms with Gasteiger partial charge in [-0.3, -0.25) is 9.78 Å². The van der Waals surface area contributed by atoms with E-state index in [4.69, 9.17) is 5.73 Å². The number of hydrogen-bond donors (Lipinski definition) is 1. The lowest BCUT2D eigenvalue weighted by Crippen LogP contribution is -2.27. The van der Waals surface area contributed by atoms with Crippen LogP contribution in [0, 0.1) is 6.92 Å². The van der Waals surface area contributed by atoms with Crippen LogP contribution in [-0.2, 0) is 6.54 Å². The molecule has 0 atom stereocenters. The largest absolute Gasteiger partial charge is 0.397 e. The van der Waals surface area contributed by atoms with Gasteiger partial charge in [0.25, 0.3) is 5.91 Å². The molecule has 6 heteroatoms. The van der Waals surface area contributed by atoms with E-state index in [1.807, 2.05) is 18.4 Å². The number of aromatic nitrogens is 1. The predicted octanol–water partition coefficient (Wildman–Crippen LogP) is 3.07. The van der Waals surface area contributed by atoms with E-state index in [0.29, 0.717) is 23.5 Å². The second kappa shape index (κ2) is 5.71. The van der Waals surface area contributed by atoms with Gasteiger partial charge in [0.2, 0.25) is 0 Å². The highest BCUT2D eigenvalue weighted by molar-refractivity contribution is 9.11. The fourth-order valence-electron chi connectivity index (χ4n) is 1.75. The van der Waals surface area contributed by atoms with Crippen molar-refractivity contribution in [1.29, 1.82) is 0 Å². The monoisotopic (exact) mass is 339 g/mol. The Labute approximate surface area is 124 Å². The van der Waals surface area contributed by atoms with Crippen molar-refractivity contribution in [1.82, 2.24) is 9.88 Å². The zero-order valence-electron chi connectivity index (χ0n) is 10.7. The van der Waals surface area contributed by atoms with Crippen LogP contribution in [0.1, 0.15) is 21.6 Å². The summed E-state index contributed by atoms with van der Waals surface area (Å²) in [4.78, 5) is 18.1. The number of rotatable bonds is 3. The summed E-state index contributed by atoms with van der Waals surface area (Å²) in [5.74, 6) is -0.0698.